The molecule has 0 radical (unpaired) electrons. The lowest BCUT2D eigenvalue weighted by Gasteiger charge is -2.13. The van der Waals surface area contributed by atoms with Crippen LogP contribution in [0.5, 0.6) is 0 Å². The van der Waals surface area contributed by atoms with Crippen LogP contribution >= 0.6 is 11.6 Å². The maximum atomic E-state index is 13.5. The molecule has 0 amide bonds. The molecule has 0 saturated carbocycles. The summed E-state index contributed by atoms with van der Waals surface area (Å²) in [4.78, 5) is 8.18. The predicted molar refractivity (Wildman–Crippen MR) is 75.5 cm³/mol. The van der Waals surface area contributed by atoms with Gasteiger partial charge in [-0.1, -0.05) is 31.0 Å². The Morgan fingerprint density at radius 3 is 2.84 bits per heavy atom. The van der Waals surface area contributed by atoms with E-state index in [-0.39, 0.29) is 5.82 Å². The number of rotatable bonds is 4. The molecular formula is C14H15ClFN3. The normalized spacial score (nSPS) is 10.5. The van der Waals surface area contributed by atoms with E-state index in [9.17, 15) is 4.39 Å². The second-order valence-electron chi connectivity index (χ2n) is 4.28. The Balaban J connectivity index is 2.38. The maximum Gasteiger partial charge on any atom is 0.138 e. The Morgan fingerprint density at radius 1 is 1.32 bits per heavy atom. The van der Waals surface area contributed by atoms with Crippen molar-refractivity contribution < 1.29 is 4.39 Å². The van der Waals surface area contributed by atoms with Crippen LogP contribution in [0.15, 0.2) is 24.5 Å². The van der Waals surface area contributed by atoms with Gasteiger partial charge in [0.25, 0.3) is 0 Å². The molecule has 3 nitrogen and oxygen atoms in total. The number of halogens is 2. The highest BCUT2D eigenvalue weighted by molar-refractivity contribution is 6.30. The van der Waals surface area contributed by atoms with Crippen molar-refractivity contribution in [2.75, 3.05) is 5.32 Å². The van der Waals surface area contributed by atoms with Gasteiger partial charge in [0, 0.05) is 16.8 Å². The van der Waals surface area contributed by atoms with Crippen LogP contribution in [0.3, 0.4) is 0 Å². The Kier molecular flexibility index (Phi) is 4.32. The van der Waals surface area contributed by atoms with Gasteiger partial charge in [-0.15, -0.1) is 0 Å². The Morgan fingerprint density at radius 2 is 2.11 bits per heavy atom. The number of nitrogens with zero attached hydrogens (tertiary/aromatic N) is 2. The van der Waals surface area contributed by atoms with E-state index in [4.69, 9.17) is 11.6 Å². The fourth-order valence-corrected chi connectivity index (χ4v) is 2.07. The average molecular weight is 280 g/mol. The van der Waals surface area contributed by atoms with Gasteiger partial charge in [-0.2, -0.15) is 0 Å². The zero-order chi connectivity index (χ0) is 13.8. The van der Waals surface area contributed by atoms with E-state index in [1.807, 2.05) is 6.07 Å². The van der Waals surface area contributed by atoms with Crippen molar-refractivity contribution in [3.8, 4) is 0 Å². The molecule has 0 bridgehead atoms. The van der Waals surface area contributed by atoms with Gasteiger partial charge >= 0.3 is 0 Å². The molecule has 0 aliphatic rings. The number of aromatic nitrogens is 2. The van der Waals surface area contributed by atoms with Crippen molar-refractivity contribution in [2.24, 2.45) is 0 Å². The summed E-state index contributed by atoms with van der Waals surface area (Å²) in [6, 6.07) is 4.90. The highest BCUT2D eigenvalue weighted by atomic mass is 35.5. The lowest BCUT2D eigenvalue weighted by molar-refractivity contribution is 0.619. The van der Waals surface area contributed by atoms with Gasteiger partial charge < -0.3 is 5.32 Å². The molecule has 0 atom stereocenters. The lowest BCUT2D eigenvalue weighted by Crippen LogP contribution is -2.03. The highest BCUT2D eigenvalue weighted by Crippen LogP contribution is 2.27. The lowest BCUT2D eigenvalue weighted by atomic mass is 10.1. The van der Waals surface area contributed by atoms with Gasteiger partial charge in [-0.3, -0.25) is 0 Å². The summed E-state index contributed by atoms with van der Waals surface area (Å²) >= 11 is 6.08. The Hall–Kier alpha value is -1.68. The molecule has 1 aromatic heterocycles. The summed E-state index contributed by atoms with van der Waals surface area (Å²) in [5.41, 5.74) is 2.10. The predicted octanol–water partition coefficient (Wildman–Crippen LogP) is 4.27. The summed E-state index contributed by atoms with van der Waals surface area (Å²) in [5.74, 6) is 0.387. The smallest absolute Gasteiger partial charge is 0.138 e. The first-order valence-electron chi connectivity index (χ1n) is 6.15. The summed E-state index contributed by atoms with van der Waals surface area (Å²) in [5, 5.41) is 3.57. The minimum Gasteiger partial charge on any atom is -0.340 e. The SMILES string of the molecule is CCCc1c(Cl)ncnc1Nc1cccc(F)c1C. The van der Waals surface area contributed by atoms with Gasteiger partial charge in [0.1, 0.15) is 23.1 Å². The first kappa shape index (κ1) is 13.7. The van der Waals surface area contributed by atoms with Gasteiger partial charge in [-0.05, 0) is 25.5 Å². The Bertz CT molecular complexity index is 587. The molecule has 0 spiro atoms. The molecule has 19 heavy (non-hydrogen) atoms. The van der Waals surface area contributed by atoms with E-state index in [2.05, 4.69) is 22.2 Å². The van der Waals surface area contributed by atoms with Gasteiger partial charge in [-0.25, -0.2) is 14.4 Å². The van der Waals surface area contributed by atoms with Crippen LogP contribution in [0, 0.1) is 12.7 Å². The molecule has 0 unspecified atom stereocenters. The molecule has 2 aromatic rings. The van der Waals surface area contributed by atoms with Crippen LogP contribution in [-0.4, -0.2) is 9.97 Å². The van der Waals surface area contributed by atoms with Crippen LogP contribution < -0.4 is 5.32 Å². The molecule has 0 saturated heterocycles. The van der Waals surface area contributed by atoms with Crippen LogP contribution in [-0.2, 0) is 6.42 Å². The van der Waals surface area contributed by atoms with Crippen molar-refractivity contribution in [3.05, 3.63) is 46.6 Å². The highest BCUT2D eigenvalue weighted by Gasteiger charge is 2.11. The van der Waals surface area contributed by atoms with Crippen LogP contribution in [0.1, 0.15) is 24.5 Å². The van der Waals surface area contributed by atoms with E-state index in [0.29, 0.717) is 22.2 Å². The molecular weight excluding hydrogens is 265 g/mol. The van der Waals surface area contributed by atoms with E-state index in [1.54, 1.807) is 13.0 Å². The second kappa shape index (κ2) is 5.97. The maximum absolute atomic E-state index is 13.5. The van der Waals surface area contributed by atoms with Gasteiger partial charge in [0.15, 0.2) is 0 Å². The fraction of sp³-hybridized carbons (Fsp3) is 0.286. The molecule has 1 N–H and O–H groups in total. The molecule has 5 heteroatoms. The standard InChI is InChI=1S/C14H15ClFN3/c1-3-5-10-13(15)17-8-18-14(10)19-12-7-4-6-11(16)9(12)2/h4,6-8H,3,5H2,1-2H3,(H,17,18,19). The topological polar surface area (TPSA) is 37.8 Å². The summed E-state index contributed by atoms with van der Waals surface area (Å²) < 4.78 is 13.5. The van der Waals surface area contributed by atoms with Crippen LogP contribution in [0.4, 0.5) is 15.9 Å². The zero-order valence-corrected chi connectivity index (χ0v) is 11.6. The third-order valence-electron chi connectivity index (χ3n) is 2.91. The number of nitrogens with one attached hydrogen (secondary N) is 1. The summed E-state index contributed by atoms with van der Waals surface area (Å²) in [7, 11) is 0. The van der Waals surface area contributed by atoms with Crippen LogP contribution in [0.25, 0.3) is 0 Å². The first-order chi connectivity index (χ1) is 9.13. The average Bonchev–Trinajstić information content (AvgIpc) is 2.39. The summed E-state index contributed by atoms with van der Waals surface area (Å²) in [6.07, 6.45) is 3.11. The molecule has 1 aromatic carbocycles. The molecule has 0 fully saturated rings. The largest absolute Gasteiger partial charge is 0.340 e. The minimum atomic E-state index is -0.248. The molecule has 0 aliphatic carbocycles. The molecule has 2 rings (SSSR count). The number of anilines is 2. The van der Waals surface area contributed by atoms with Crippen LogP contribution in [0.2, 0.25) is 5.15 Å². The van der Waals surface area contributed by atoms with Gasteiger partial charge in [0.2, 0.25) is 0 Å². The molecule has 100 valence electrons. The van der Waals surface area contributed by atoms with E-state index in [1.165, 1.54) is 12.4 Å². The number of hydrogen-bond acceptors (Lipinski definition) is 3. The van der Waals surface area contributed by atoms with Crippen molar-refractivity contribution in [2.45, 2.75) is 26.7 Å². The monoisotopic (exact) mass is 279 g/mol. The molecule has 1 heterocycles. The fourth-order valence-electron chi connectivity index (χ4n) is 1.84. The second-order valence-corrected chi connectivity index (χ2v) is 4.64. The minimum absolute atomic E-state index is 0.248. The van der Waals surface area contributed by atoms with Crippen molar-refractivity contribution in [1.82, 2.24) is 9.97 Å². The van der Waals surface area contributed by atoms with E-state index in [0.717, 1.165) is 18.4 Å². The number of benzene rings is 1. The quantitative estimate of drug-likeness (QED) is 0.849. The van der Waals surface area contributed by atoms with Gasteiger partial charge in [0.05, 0.1) is 0 Å². The number of hydrogen-bond donors (Lipinski definition) is 1. The third kappa shape index (κ3) is 3.01. The summed E-state index contributed by atoms with van der Waals surface area (Å²) in [6.45, 7) is 3.78. The zero-order valence-electron chi connectivity index (χ0n) is 10.9. The third-order valence-corrected chi connectivity index (χ3v) is 3.24. The first-order valence-corrected chi connectivity index (χ1v) is 6.52. The Labute approximate surface area is 116 Å². The van der Waals surface area contributed by atoms with E-state index < -0.39 is 0 Å². The van der Waals surface area contributed by atoms with Crippen molar-refractivity contribution in [1.29, 1.82) is 0 Å². The molecule has 0 aliphatic heterocycles. The van der Waals surface area contributed by atoms with Crippen molar-refractivity contribution in [3.63, 3.8) is 0 Å². The van der Waals surface area contributed by atoms with Crippen molar-refractivity contribution >= 4 is 23.1 Å². The van der Waals surface area contributed by atoms with E-state index >= 15 is 0 Å².